The summed E-state index contributed by atoms with van der Waals surface area (Å²) >= 11 is 2.73. The minimum atomic E-state index is -0.935. The largest absolute Gasteiger partial charge is 0.508 e. The molecule has 47 heavy (non-hydrogen) atoms. The minimum Gasteiger partial charge on any atom is -0.468 e. The number of aryl methyl sites for hydroxylation is 1. The third kappa shape index (κ3) is 9.32. The number of carbonyl (C=O) groups is 4. The molecule has 4 rings (SSSR count). The predicted octanol–water partition coefficient (Wildman–Crippen LogP) is 4.93. The molecule has 1 aromatic carbocycles. The molecule has 3 aromatic rings. The molecule has 0 radical (unpaired) electrons. The smallest absolute Gasteiger partial charge is 0.468 e. The molecule has 254 valence electrons. The lowest BCUT2D eigenvalue weighted by atomic mass is 9.91. The molecule has 0 spiro atoms. The number of ether oxygens (including phenoxy) is 3. The molecule has 0 bridgehead atoms. The van der Waals surface area contributed by atoms with E-state index in [1.54, 1.807) is 23.8 Å². The molecule has 2 amide bonds. The van der Waals surface area contributed by atoms with Gasteiger partial charge in [-0.15, -0.1) is 11.3 Å². The van der Waals surface area contributed by atoms with Crippen LogP contribution in [0, 0.1) is 12.8 Å². The Kier molecular flexibility index (Phi) is 12.8. The van der Waals surface area contributed by atoms with Gasteiger partial charge in [0.15, 0.2) is 12.0 Å². The summed E-state index contributed by atoms with van der Waals surface area (Å²) in [5, 5.41) is 6.60. The maximum Gasteiger partial charge on any atom is 0.508 e. The molecular formula is C32H40N4O9S2. The van der Waals surface area contributed by atoms with E-state index in [4.69, 9.17) is 22.9 Å². The van der Waals surface area contributed by atoms with Crippen LogP contribution in [-0.2, 0) is 34.6 Å². The van der Waals surface area contributed by atoms with Crippen molar-refractivity contribution in [3.05, 3.63) is 52.9 Å². The lowest BCUT2D eigenvalue weighted by Crippen LogP contribution is -2.48. The molecule has 1 aliphatic rings. The number of hydrogen-bond donors (Lipinski definition) is 1. The highest BCUT2D eigenvalue weighted by molar-refractivity contribution is 7.95. The maximum atomic E-state index is 14.1. The van der Waals surface area contributed by atoms with Gasteiger partial charge >= 0.3 is 6.16 Å². The van der Waals surface area contributed by atoms with Gasteiger partial charge in [0.05, 0.1) is 35.0 Å². The number of thiazole rings is 1. The van der Waals surface area contributed by atoms with E-state index in [-0.39, 0.29) is 48.9 Å². The number of carbonyl (C=O) groups excluding carboxylic acids is 4. The van der Waals surface area contributed by atoms with Crippen molar-refractivity contribution in [2.24, 2.45) is 5.92 Å². The van der Waals surface area contributed by atoms with Crippen LogP contribution in [-0.4, -0.2) is 83.1 Å². The highest BCUT2D eigenvalue weighted by Crippen LogP contribution is 2.33. The van der Waals surface area contributed by atoms with Crippen molar-refractivity contribution in [3.8, 4) is 16.3 Å². The van der Waals surface area contributed by atoms with E-state index in [2.05, 4.69) is 15.5 Å². The molecule has 13 nitrogen and oxygen atoms in total. The molecule has 1 saturated heterocycles. The Bertz CT molecular complexity index is 1510. The molecule has 1 aliphatic heterocycles. The fourth-order valence-corrected chi connectivity index (χ4v) is 6.52. The Balaban J connectivity index is 1.50. The Morgan fingerprint density at radius 1 is 1.19 bits per heavy atom. The van der Waals surface area contributed by atoms with Crippen molar-refractivity contribution in [2.45, 2.75) is 77.0 Å². The summed E-state index contributed by atoms with van der Waals surface area (Å²) in [6, 6.07) is 8.35. The summed E-state index contributed by atoms with van der Waals surface area (Å²) in [6.07, 6.45) is -1.56. The third-order valence-electron chi connectivity index (χ3n) is 7.78. The molecule has 2 aromatic heterocycles. The molecule has 1 fully saturated rings. The maximum absolute atomic E-state index is 14.1. The molecule has 3 heterocycles. The van der Waals surface area contributed by atoms with E-state index in [0.29, 0.717) is 6.29 Å². The van der Waals surface area contributed by atoms with Crippen molar-refractivity contribution < 1.29 is 42.1 Å². The average molecular weight is 689 g/mol. The van der Waals surface area contributed by atoms with Crippen molar-refractivity contribution in [2.75, 3.05) is 20.3 Å². The first-order valence-corrected chi connectivity index (χ1v) is 16.9. The Morgan fingerprint density at radius 2 is 1.94 bits per heavy atom. The molecule has 15 heteroatoms. The zero-order valence-corrected chi connectivity index (χ0v) is 28.8. The topological polar surface area (TPSA) is 159 Å². The van der Waals surface area contributed by atoms with Crippen LogP contribution >= 0.6 is 23.4 Å². The second kappa shape index (κ2) is 16.7. The summed E-state index contributed by atoms with van der Waals surface area (Å²) in [4.78, 5) is 58.0. The number of likely N-dealkylation sites (tertiary alicyclic amines) is 1. The van der Waals surface area contributed by atoms with Gasteiger partial charge < -0.3 is 33.1 Å². The van der Waals surface area contributed by atoms with Gasteiger partial charge in [-0.3, -0.25) is 14.4 Å². The van der Waals surface area contributed by atoms with Gasteiger partial charge in [-0.2, -0.15) is 0 Å². The zero-order chi connectivity index (χ0) is 34.1. The van der Waals surface area contributed by atoms with Crippen molar-refractivity contribution in [1.82, 2.24) is 20.4 Å². The Labute approximate surface area is 281 Å². The lowest BCUT2D eigenvalue weighted by Gasteiger charge is -2.28. The second-order valence-electron chi connectivity index (χ2n) is 11.5. The number of aldehydes is 1. The van der Waals surface area contributed by atoms with E-state index < -0.39 is 42.1 Å². The van der Waals surface area contributed by atoms with Gasteiger partial charge in [0.2, 0.25) is 11.8 Å². The third-order valence-corrected chi connectivity index (χ3v) is 9.63. The summed E-state index contributed by atoms with van der Waals surface area (Å²) in [6.45, 7) is 9.19. The summed E-state index contributed by atoms with van der Waals surface area (Å²) in [5.41, 5.74) is 4.67. The molecule has 0 saturated carbocycles. The number of hydrogen-bond acceptors (Lipinski definition) is 13. The number of nitrogens with zero attached hydrogens (tertiary/aromatic N) is 3. The number of amides is 2. The number of aromatic nitrogens is 2. The monoisotopic (exact) mass is 688 g/mol. The van der Waals surface area contributed by atoms with Crippen LogP contribution in [0.25, 0.3) is 10.4 Å². The van der Waals surface area contributed by atoms with Crippen LogP contribution in [0.4, 0.5) is 4.79 Å². The first-order chi connectivity index (χ1) is 22.5. The second-order valence-corrected chi connectivity index (χ2v) is 13.6. The van der Waals surface area contributed by atoms with Crippen LogP contribution < -0.4 is 10.1 Å². The number of benzene rings is 1. The zero-order valence-electron chi connectivity index (χ0n) is 27.2. The average Bonchev–Trinajstić information content (AvgIpc) is 3.79. The highest BCUT2D eigenvalue weighted by atomic mass is 32.2. The van der Waals surface area contributed by atoms with Crippen molar-refractivity contribution in [1.29, 1.82) is 0 Å². The van der Waals surface area contributed by atoms with Gasteiger partial charge in [0.25, 0.3) is 5.88 Å². The normalized spacial score (nSPS) is 18.0. The number of nitrogens with one attached hydrogen (secondary N) is 1. The summed E-state index contributed by atoms with van der Waals surface area (Å²) < 4.78 is 26.7. The van der Waals surface area contributed by atoms with Gasteiger partial charge in [-0.25, -0.2) is 9.78 Å². The van der Waals surface area contributed by atoms with Crippen molar-refractivity contribution >= 4 is 47.6 Å². The molecule has 1 N–H and O–H groups in total. The van der Waals surface area contributed by atoms with Gasteiger partial charge in [-0.05, 0) is 55.0 Å². The van der Waals surface area contributed by atoms with Gasteiger partial charge in [0.1, 0.15) is 30.8 Å². The fourth-order valence-electron chi connectivity index (χ4n) is 5.20. The highest BCUT2D eigenvalue weighted by Gasteiger charge is 2.45. The SMILES string of the molecule is COSC(C)C(C)OC(=O)O[C@@H]1C[C@@H](C(=O)NCc2ccc(-c3scnc3C)cc2)N(C(=O)[C@@H](c2cc(OCC=O)no2)C(C)C)C1. The molecule has 2 unspecified atom stereocenters. The predicted molar refractivity (Wildman–Crippen MR) is 175 cm³/mol. The first-order valence-electron chi connectivity index (χ1n) is 15.2. The van der Waals surface area contributed by atoms with Crippen LogP contribution in [0.3, 0.4) is 0 Å². The van der Waals surface area contributed by atoms with E-state index in [1.807, 2.05) is 52.0 Å². The summed E-state index contributed by atoms with van der Waals surface area (Å²) in [7, 11) is 1.53. The van der Waals surface area contributed by atoms with E-state index in [1.165, 1.54) is 30.1 Å². The molecular weight excluding hydrogens is 649 g/mol. The van der Waals surface area contributed by atoms with E-state index in [9.17, 15) is 19.2 Å². The van der Waals surface area contributed by atoms with E-state index >= 15 is 0 Å². The minimum absolute atomic E-state index is 0.0302. The first kappa shape index (κ1) is 35.9. The lowest BCUT2D eigenvalue weighted by molar-refractivity contribution is -0.141. The van der Waals surface area contributed by atoms with Crippen LogP contribution in [0.5, 0.6) is 5.88 Å². The molecule has 0 aliphatic carbocycles. The van der Waals surface area contributed by atoms with Gasteiger partial charge in [0, 0.05) is 19.0 Å². The van der Waals surface area contributed by atoms with Crippen LogP contribution in [0.1, 0.15) is 57.1 Å². The van der Waals surface area contributed by atoms with Crippen molar-refractivity contribution in [3.63, 3.8) is 0 Å². The Hall–Kier alpha value is -3.95. The Morgan fingerprint density at radius 3 is 2.57 bits per heavy atom. The number of rotatable bonds is 15. The van der Waals surface area contributed by atoms with Crippen LogP contribution in [0.2, 0.25) is 0 Å². The quantitative estimate of drug-likeness (QED) is 0.130. The summed E-state index contributed by atoms with van der Waals surface area (Å²) in [5.74, 6) is -1.59. The van der Waals surface area contributed by atoms with Gasteiger partial charge in [-0.1, -0.05) is 38.1 Å². The van der Waals surface area contributed by atoms with Crippen LogP contribution in [0.15, 0.2) is 40.4 Å². The fraction of sp³-hybridized carbons (Fsp3) is 0.500. The standard InChI is InChI=1S/C32H40N4O9S2/c1-18(2)28(26-14-27(35-45-26)42-12-11-37)31(39)36-16-24(44-32(40)43-20(4)21(5)47-41-6)13-25(36)30(38)33-15-22-7-9-23(10-8-22)29-19(3)34-17-46-29/h7-11,14,17-18,20-21,24-25,28H,12-13,15-16H2,1-6H3,(H,33,38)/t20?,21?,24-,25+,28-/m1/s1. The van der Waals surface area contributed by atoms with E-state index in [0.717, 1.165) is 21.7 Å². The molecule has 5 atom stereocenters.